The van der Waals surface area contributed by atoms with Gasteiger partial charge in [0.15, 0.2) is 0 Å². The lowest BCUT2D eigenvalue weighted by Gasteiger charge is -2.05. The fraction of sp³-hybridized carbons (Fsp3) is 0.133. The minimum absolute atomic E-state index is 0.295. The summed E-state index contributed by atoms with van der Waals surface area (Å²) in [4.78, 5) is 0. The Kier molecular flexibility index (Phi) is 5.11. The fourth-order valence-electron chi connectivity index (χ4n) is 4.27. The smallest absolute Gasteiger partial charge is 0.139 e. The Labute approximate surface area is 187 Å². The summed E-state index contributed by atoms with van der Waals surface area (Å²) in [7, 11) is 0. The first kappa shape index (κ1) is 20.2. The van der Waals surface area contributed by atoms with Crippen molar-refractivity contribution in [2.24, 2.45) is 0 Å². The molecule has 0 bridgehead atoms. The van der Waals surface area contributed by atoms with Crippen molar-refractivity contribution in [1.29, 1.82) is 0 Å². The van der Waals surface area contributed by atoms with Gasteiger partial charge in [0.25, 0.3) is 0 Å². The molecule has 0 spiro atoms. The molecular formula is C30H22F2. The van der Waals surface area contributed by atoms with E-state index in [1.54, 1.807) is 31.2 Å². The number of rotatable bonds is 2. The number of hydrogen-bond donors (Lipinski definition) is 0. The van der Waals surface area contributed by atoms with Crippen LogP contribution in [-0.4, -0.2) is 0 Å². The lowest BCUT2D eigenvalue weighted by Crippen LogP contribution is -1.89. The Morgan fingerprint density at radius 1 is 0.719 bits per heavy atom. The van der Waals surface area contributed by atoms with Crippen molar-refractivity contribution >= 4 is 0 Å². The van der Waals surface area contributed by atoms with E-state index in [9.17, 15) is 8.78 Å². The van der Waals surface area contributed by atoms with Gasteiger partial charge in [-0.15, -0.1) is 0 Å². The van der Waals surface area contributed by atoms with E-state index in [2.05, 4.69) is 49.1 Å². The first-order chi connectivity index (χ1) is 15.5. The van der Waals surface area contributed by atoms with E-state index in [1.165, 1.54) is 39.9 Å². The molecular weight excluding hydrogens is 398 g/mol. The van der Waals surface area contributed by atoms with E-state index >= 15 is 0 Å². The SMILES string of the molecule is CCc1ccc2c(c1)Cc1cc(C#Cc3ccc(-c4ccc(C)c(F)c4)cc3F)ccc1-2. The molecule has 0 radical (unpaired) electrons. The van der Waals surface area contributed by atoms with Crippen LogP contribution in [0.3, 0.4) is 0 Å². The van der Waals surface area contributed by atoms with E-state index in [0.717, 1.165) is 18.4 Å². The van der Waals surface area contributed by atoms with Crippen LogP contribution in [0, 0.1) is 30.4 Å². The molecule has 156 valence electrons. The lowest BCUT2D eigenvalue weighted by atomic mass is 10.0. The number of halogens is 2. The largest absolute Gasteiger partial charge is 0.207 e. The Balaban J connectivity index is 1.41. The van der Waals surface area contributed by atoms with Crippen molar-refractivity contribution in [3.05, 3.63) is 118 Å². The van der Waals surface area contributed by atoms with Crippen LogP contribution in [0.25, 0.3) is 22.3 Å². The molecule has 2 heteroatoms. The van der Waals surface area contributed by atoms with Gasteiger partial charge in [0.2, 0.25) is 0 Å². The third kappa shape index (κ3) is 3.72. The Morgan fingerprint density at radius 2 is 1.41 bits per heavy atom. The van der Waals surface area contributed by atoms with Gasteiger partial charge >= 0.3 is 0 Å². The maximum atomic E-state index is 14.7. The number of hydrogen-bond acceptors (Lipinski definition) is 0. The summed E-state index contributed by atoms with van der Waals surface area (Å²) in [6.45, 7) is 3.88. The van der Waals surface area contributed by atoms with E-state index in [-0.39, 0.29) is 5.82 Å². The molecule has 0 saturated heterocycles. The molecule has 32 heavy (non-hydrogen) atoms. The predicted molar refractivity (Wildman–Crippen MR) is 127 cm³/mol. The maximum Gasteiger partial charge on any atom is 0.139 e. The molecule has 4 aromatic rings. The first-order valence-corrected chi connectivity index (χ1v) is 10.8. The second-order valence-corrected chi connectivity index (χ2v) is 8.30. The zero-order valence-electron chi connectivity index (χ0n) is 18.1. The van der Waals surface area contributed by atoms with Gasteiger partial charge < -0.3 is 0 Å². The van der Waals surface area contributed by atoms with Gasteiger partial charge in [-0.25, -0.2) is 8.78 Å². The number of fused-ring (bicyclic) bond motifs is 3. The summed E-state index contributed by atoms with van der Waals surface area (Å²) < 4.78 is 28.5. The van der Waals surface area contributed by atoms with E-state index < -0.39 is 5.82 Å². The molecule has 0 unspecified atom stereocenters. The average molecular weight is 421 g/mol. The predicted octanol–water partition coefficient (Wildman–Crippen LogP) is 7.47. The molecule has 0 aromatic heterocycles. The summed E-state index contributed by atoms with van der Waals surface area (Å²) in [6.07, 6.45) is 1.94. The summed E-state index contributed by atoms with van der Waals surface area (Å²) >= 11 is 0. The second kappa shape index (κ2) is 8.09. The minimum atomic E-state index is -0.406. The Hall–Kier alpha value is -3.70. The molecule has 0 N–H and O–H groups in total. The van der Waals surface area contributed by atoms with Crippen LogP contribution >= 0.6 is 0 Å². The number of benzene rings is 4. The molecule has 1 aliphatic carbocycles. The highest BCUT2D eigenvalue weighted by Gasteiger charge is 2.18. The standard InChI is InChI=1S/C30H22F2/c1-3-20-6-12-27-25(14-20)16-26-15-21(7-13-28(26)27)5-9-22-10-11-24(18-30(22)32)23-8-4-19(2)29(31)17-23/h4,6-8,10-15,17-18H,3,16H2,1-2H3. The van der Waals surface area contributed by atoms with Crippen LogP contribution in [0.1, 0.15) is 40.3 Å². The van der Waals surface area contributed by atoms with Gasteiger partial charge in [-0.2, -0.15) is 0 Å². The normalized spacial score (nSPS) is 11.5. The highest BCUT2D eigenvalue weighted by atomic mass is 19.1. The van der Waals surface area contributed by atoms with Crippen molar-refractivity contribution in [3.63, 3.8) is 0 Å². The van der Waals surface area contributed by atoms with Crippen LogP contribution in [0.2, 0.25) is 0 Å². The third-order valence-electron chi connectivity index (χ3n) is 6.17. The highest BCUT2D eigenvalue weighted by molar-refractivity contribution is 5.78. The van der Waals surface area contributed by atoms with Crippen LogP contribution in [-0.2, 0) is 12.8 Å². The molecule has 0 heterocycles. The van der Waals surface area contributed by atoms with Crippen LogP contribution in [0.5, 0.6) is 0 Å². The molecule has 0 atom stereocenters. The van der Waals surface area contributed by atoms with Crippen molar-refractivity contribution in [1.82, 2.24) is 0 Å². The Morgan fingerprint density at radius 3 is 2.12 bits per heavy atom. The summed E-state index contributed by atoms with van der Waals surface area (Å²) in [5.74, 6) is 5.37. The molecule has 1 aliphatic rings. The molecule has 0 aliphatic heterocycles. The molecule has 5 rings (SSSR count). The fourth-order valence-corrected chi connectivity index (χ4v) is 4.27. The second-order valence-electron chi connectivity index (χ2n) is 8.30. The maximum absolute atomic E-state index is 14.7. The quantitative estimate of drug-likeness (QED) is 0.260. The monoisotopic (exact) mass is 420 g/mol. The average Bonchev–Trinajstić information content (AvgIpc) is 3.16. The van der Waals surface area contributed by atoms with Gasteiger partial charge in [-0.3, -0.25) is 0 Å². The highest BCUT2D eigenvalue weighted by Crippen LogP contribution is 2.37. The van der Waals surface area contributed by atoms with Crippen molar-refractivity contribution in [2.45, 2.75) is 26.7 Å². The summed E-state index contributed by atoms with van der Waals surface area (Å²) in [6, 6.07) is 22.7. The van der Waals surface area contributed by atoms with Gasteiger partial charge in [-0.05, 0) is 94.6 Å². The summed E-state index contributed by atoms with van der Waals surface area (Å²) in [5, 5.41) is 0. The van der Waals surface area contributed by atoms with Crippen LogP contribution in [0.15, 0.2) is 72.8 Å². The van der Waals surface area contributed by atoms with Gasteiger partial charge in [-0.1, -0.05) is 61.2 Å². The number of aryl methyl sites for hydroxylation is 2. The molecule has 0 amide bonds. The van der Waals surface area contributed by atoms with Crippen LogP contribution < -0.4 is 0 Å². The van der Waals surface area contributed by atoms with Crippen molar-refractivity contribution in [2.75, 3.05) is 0 Å². The van der Waals surface area contributed by atoms with Crippen LogP contribution in [0.4, 0.5) is 8.78 Å². The van der Waals surface area contributed by atoms with Crippen molar-refractivity contribution < 1.29 is 8.78 Å². The molecule has 0 saturated carbocycles. The Bertz CT molecular complexity index is 1420. The zero-order chi connectivity index (χ0) is 22.2. The first-order valence-electron chi connectivity index (χ1n) is 10.8. The molecule has 0 fully saturated rings. The van der Waals surface area contributed by atoms with E-state index in [1.807, 2.05) is 6.07 Å². The van der Waals surface area contributed by atoms with Gasteiger partial charge in [0, 0.05) is 5.56 Å². The van der Waals surface area contributed by atoms with E-state index in [4.69, 9.17) is 0 Å². The zero-order valence-corrected chi connectivity index (χ0v) is 18.1. The summed E-state index contributed by atoms with van der Waals surface area (Å²) in [5.41, 5.74) is 9.58. The van der Waals surface area contributed by atoms with Gasteiger partial charge in [0.1, 0.15) is 11.6 Å². The van der Waals surface area contributed by atoms with Crippen molar-refractivity contribution in [3.8, 4) is 34.1 Å². The molecule has 0 nitrogen and oxygen atoms in total. The minimum Gasteiger partial charge on any atom is -0.207 e. The third-order valence-corrected chi connectivity index (χ3v) is 6.17. The van der Waals surface area contributed by atoms with E-state index in [0.29, 0.717) is 22.3 Å². The lowest BCUT2D eigenvalue weighted by molar-refractivity contribution is 0.618. The topological polar surface area (TPSA) is 0 Å². The molecule has 4 aromatic carbocycles. The van der Waals surface area contributed by atoms with Gasteiger partial charge in [0.05, 0.1) is 5.56 Å².